The Hall–Kier alpha value is -1.85. The van der Waals surface area contributed by atoms with Crippen LogP contribution in [0.3, 0.4) is 0 Å². The number of ether oxygens (including phenoxy) is 1. The predicted molar refractivity (Wildman–Crippen MR) is 71.1 cm³/mol. The summed E-state index contributed by atoms with van der Waals surface area (Å²) in [5.74, 6) is -0.464. The van der Waals surface area contributed by atoms with Crippen molar-refractivity contribution in [3.05, 3.63) is 17.5 Å². The Labute approximate surface area is 118 Å². The van der Waals surface area contributed by atoms with Crippen molar-refractivity contribution in [1.29, 1.82) is 0 Å². The third kappa shape index (κ3) is 3.00. The fourth-order valence-corrected chi connectivity index (χ4v) is 2.25. The molecule has 0 unspecified atom stereocenters. The highest BCUT2D eigenvalue weighted by Crippen LogP contribution is 2.24. The van der Waals surface area contributed by atoms with E-state index in [-0.39, 0.29) is 17.6 Å². The summed E-state index contributed by atoms with van der Waals surface area (Å²) in [5.41, 5.74) is 0.112. The van der Waals surface area contributed by atoms with Gasteiger partial charge in [-0.25, -0.2) is 4.79 Å². The van der Waals surface area contributed by atoms with Crippen LogP contribution in [-0.2, 0) is 9.53 Å². The summed E-state index contributed by atoms with van der Waals surface area (Å²) in [4.78, 5) is 26.1. The molecule has 2 rings (SSSR count). The first kappa shape index (κ1) is 14.6. The highest BCUT2D eigenvalue weighted by molar-refractivity contribution is 5.95. The quantitative estimate of drug-likeness (QED) is 0.774. The van der Waals surface area contributed by atoms with E-state index in [9.17, 15) is 9.59 Å². The van der Waals surface area contributed by atoms with Crippen molar-refractivity contribution in [1.82, 2.24) is 10.1 Å². The van der Waals surface area contributed by atoms with Gasteiger partial charge in [-0.2, -0.15) is 0 Å². The first-order chi connectivity index (χ1) is 9.29. The molecule has 1 aliphatic heterocycles. The minimum atomic E-state index is -0.559. The van der Waals surface area contributed by atoms with E-state index in [4.69, 9.17) is 9.26 Å². The van der Waals surface area contributed by atoms with E-state index in [1.54, 1.807) is 6.92 Å². The molecule has 1 saturated heterocycles. The zero-order valence-corrected chi connectivity index (χ0v) is 12.3. The van der Waals surface area contributed by atoms with Crippen LogP contribution in [0.5, 0.6) is 0 Å². The van der Waals surface area contributed by atoms with Crippen LogP contribution in [0.2, 0.25) is 0 Å². The maximum absolute atomic E-state index is 12.4. The van der Waals surface area contributed by atoms with Gasteiger partial charge in [0.15, 0.2) is 0 Å². The number of carbonyl (C=O) groups is 2. The molecule has 0 spiro atoms. The van der Waals surface area contributed by atoms with Crippen molar-refractivity contribution in [2.24, 2.45) is 0 Å². The third-order valence-electron chi connectivity index (χ3n) is 3.14. The number of esters is 1. The minimum absolute atomic E-state index is 0.195. The normalized spacial score (nSPS) is 19.2. The number of rotatable bonds is 2. The molecule has 0 N–H and O–H groups in total. The Morgan fingerprint density at radius 2 is 2.15 bits per heavy atom. The molecule has 0 bridgehead atoms. The molecular formula is C14H20N2O4. The van der Waals surface area contributed by atoms with Gasteiger partial charge >= 0.3 is 5.97 Å². The third-order valence-corrected chi connectivity index (χ3v) is 3.14. The van der Waals surface area contributed by atoms with E-state index in [1.165, 1.54) is 11.1 Å². The summed E-state index contributed by atoms with van der Waals surface area (Å²) in [6.07, 6.45) is 2.89. The second kappa shape index (κ2) is 5.26. The second-order valence-electron chi connectivity index (χ2n) is 6.03. The molecular weight excluding hydrogens is 260 g/mol. The van der Waals surface area contributed by atoms with Crippen molar-refractivity contribution in [3.63, 3.8) is 0 Å². The summed E-state index contributed by atoms with van der Waals surface area (Å²) in [7, 11) is 0. The van der Waals surface area contributed by atoms with E-state index in [0.717, 1.165) is 6.42 Å². The van der Waals surface area contributed by atoms with Crippen LogP contribution in [0.25, 0.3) is 0 Å². The highest BCUT2D eigenvalue weighted by Gasteiger charge is 2.38. The lowest BCUT2D eigenvalue weighted by Gasteiger charge is -2.26. The molecule has 20 heavy (non-hydrogen) atoms. The lowest BCUT2D eigenvalue weighted by molar-refractivity contribution is -0.159. The maximum atomic E-state index is 12.4. The Morgan fingerprint density at radius 3 is 2.70 bits per heavy atom. The zero-order chi connectivity index (χ0) is 14.9. The first-order valence-corrected chi connectivity index (χ1v) is 6.75. The fraction of sp³-hybridized carbons (Fsp3) is 0.643. The van der Waals surface area contributed by atoms with Crippen LogP contribution in [-0.4, -0.2) is 40.1 Å². The number of amides is 1. The van der Waals surface area contributed by atoms with Crippen LogP contribution < -0.4 is 0 Å². The molecule has 0 aliphatic carbocycles. The summed E-state index contributed by atoms with van der Waals surface area (Å²) >= 11 is 0. The first-order valence-electron chi connectivity index (χ1n) is 6.75. The van der Waals surface area contributed by atoms with Gasteiger partial charge in [0.05, 0.1) is 6.20 Å². The second-order valence-corrected chi connectivity index (χ2v) is 6.03. The van der Waals surface area contributed by atoms with Gasteiger partial charge in [-0.3, -0.25) is 4.79 Å². The standard InChI is InChI=1S/C14H20N2O4/c1-9-8-15-20-11(9)12(17)16-7-5-6-10(16)13(18)19-14(2,3)4/h8,10H,5-7H2,1-4H3/t10-/m1/s1. The van der Waals surface area contributed by atoms with Gasteiger partial charge in [-0.15, -0.1) is 0 Å². The van der Waals surface area contributed by atoms with Crippen molar-refractivity contribution in [3.8, 4) is 0 Å². The van der Waals surface area contributed by atoms with Crippen LogP contribution in [0.15, 0.2) is 10.7 Å². The van der Waals surface area contributed by atoms with Gasteiger partial charge < -0.3 is 14.2 Å². The molecule has 6 heteroatoms. The molecule has 1 amide bonds. The molecule has 1 aromatic rings. The molecule has 1 fully saturated rings. The van der Waals surface area contributed by atoms with Crippen LogP contribution in [0.4, 0.5) is 0 Å². The van der Waals surface area contributed by atoms with Gasteiger partial charge in [0.2, 0.25) is 5.76 Å². The van der Waals surface area contributed by atoms with Crippen LogP contribution in [0, 0.1) is 6.92 Å². The number of aromatic nitrogens is 1. The number of aryl methyl sites for hydroxylation is 1. The number of nitrogens with zero attached hydrogens (tertiary/aromatic N) is 2. The zero-order valence-electron chi connectivity index (χ0n) is 12.3. The van der Waals surface area contributed by atoms with E-state index < -0.39 is 11.6 Å². The van der Waals surface area contributed by atoms with Crippen molar-refractivity contribution >= 4 is 11.9 Å². The number of likely N-dealkylation sites (tertiary alicyclic amines) is 1. The van der Waals surface area contributed by atoms with Crippen molar-refractivity contribution in [2.45, 2.75) is 52.2 Å². The molecule has 1 aliphatic rings. The lowest BCUT2D eigenvalue weighted by atomic mass is 10.1. The Balaban J connectivity index is 2.13. The molecule has 0 aromatic carbocycles. The van der Waals surface area contributed by atoms with E-state index in [0.29, 0.717) is 18.5 Å². The lowest BCUT2D eigenvalue weighted by Crippen LogP contribution is -2.43. The van der Waals surface area contributed by atoms with Crippen LogP contribution in [0.1, 0.15) is 49.7 Å². The topological polar surface area (TPSA) is 72.6 Å². The van der Waals surface area contributed by atoms with Gasteiger partial charge in [-0.05, 0) is 40.5 Å². The SMILES string of the molecule is Cc1cnoc1C(=O)N1CCC[C@@H]1C(=O)OC(C)(C)C. The Bertz CT molecular complexity index is 515. The summed E-state index contributed by atoms with van der Waals surface area (Å²) in [6, 6.07) is -0.536. The monoisotopic (exact) mass is 280 g/mol. The molecule has 0 radical (unpaired) electrons. The molecule has 2 heterocycles. The molecule has 0 saturated carbocycles. The highest BCUT2D eigenvalue weighted by atomic mass is 16.6. The predicted octanol–water partition coefficient (Wildman–Crippen LogP) is 1.93. The maximum Gasteiger partial charge on any atom is 0.329 e. The average Bonchev–Trinajstić information content (AvgIpc) is 2.93. The molecule has 6 nitrogen and oxygen atoms in total. The Kier molecular flexibility index (Phi) is 3.83. The number of hydrogen-bond acceptors (Lipinski definition) is 5. The van der Waals surface area contributed by atoms with Gasteiger partial charge in [0.25, 0.3) is 5.91 Å². The molecule has 110 valence electrons. The van der Waals surface area contributed by atoms with Crippen LogP contribution >= 0.6 is 0 Å². The molecule has 1 aromatic heterocycles. The summed E-state index contributed by atoms with van der Waals surface area (Å²) in [5, 5.41) is 3.60. The Morgan fingerprint density at radius 1 is 1.45 bits per heavy atom. The summed E-state index contributed by atoms with van der Waals surface area (Å²) in [6.45, 7) is 7.72. The van der Waals surface area contributed by atoms with Crippen molar-refractivity contribution in [2.75, 3.05) is 6.54 Å². The van der Waals surface area contributed by atoms with E-state index >= 15 is 0 Å². The van der Waals surface area contributed by atoms with Crippen molar-refractivity contribution < 1.29 is 18.8 Å². The van der Waals surface area contributed by atoms with Gasteiger partial charge in [-0.1, -0.05) is 5.16 Å². The van der Waals surface area contributed by atoms with E-state index in [1.807, 2.05) is 20.8 Å². The minimum Gasteiger partial charge on any atom is -0.458 e. The smallest absolute Gasteiger partial charge is 0.329 e. The molecule has 1 atom stereocenters. The van der Waals surface area contributed by atoms with E-state index in [2.05, 4.69) is 5.16 Å². The largest absolute Gasteiger partial charge is 0.458 e. The summed E-state index contributed by atoms with van der Waals surface area (Å²) < 4.78 is 10.3. The number of carbonyl (C=O) groups excluding carboxylic acids is 2. The van der Waals surface area contributed by atoms with Gasteiger partial charge in [0, 0.05) is 12.1 Å². The van der Waals surface area contributed by atoms with Gasteiger partial charge in [0.1, 0.15) is 11.6 Å². The fourth-order valence-electron chi connectivity index (χ4n) is 2.25. The number of hydrogen-bond donors (Lipinski definition) is 0. The average molecular weight is 280 g/mol.